The standard InChI is InChI=1S/C18H17N5O2/c1-12(19-9-13-6-7-16-17(8-13)22-25-21-16)10-23-11-20-15-5-3-2-4-14(15)18(23)24/h2-8,11-12,19H,9-10H2,1H3/t12-/m1/s1. The zero-order chi connectivity index (χ0) is 17.2. The van der Waals surface area contributed by atoms with Gasteiger partial charge >= 0.3 is 0 Å². The molecule has 0 fully saturated rings. The molecule has 0 amide bonds. The van der Waals surface area contributed by atoms with E-state index in [1.165, 1.54) is 0 Å². The molecule has 1 atom stereocenters. The number of nitrogens with zero attached hydrogens (tertiary/aromatic N) is 4. The van der Waals surface area contributed by atoms with E-state index in [-0.39, 0.29) is 11.6 Å². The number of aromatic nitrogens is 4. The van der Waals surface area contributed by atoms with Gasteiger partial charge in [-0.1, -0.05) is 18.2 Å². The Morgan fingerprint density at radius 1 is 1.12 bits per heavy atom. The average molecular weight is 335 g/mol. The summed E-state index contributed by atoms with van der Waals surface area (Å²) >= 11 is 0. The van der Waals surface area contributed by atoms with Crippen LogP contribution in [0.2, 0.25) is 0 Å². The van der Waals surface area contributed by atoms with Gasteiger partial charge < -0.3 is 5.32 Å². The van der Waals surface area contributed by atoms with Crippen LogP contribution in [0, 0.1) is 0 Å². The summed E-state index contributed by atoms with van der Waals surface area (Å²) < 4.78 is 6.35. The Bertz CT molecular complexity index is 1090. The van der Waals surface area contributed by atoms with Crippen LogP contribution in [-0.2, 0) is 13.1 Å². The first-order valence-corrected chi connectivity index (χ1v) is 8.09. The molecule has 0 bridgehead atoms. The van der Waals surface area contributed by atoms with Crippen LogP contribution >= 0.6 is 0 Å². The van der Waals surface area contributed by atoms with Crippen molar-refractivity contribution in [1.29, 1.82) is 0 Å². The van der Waals surface area contributed by atoms with Gasteiger partial charge in [0.15, 0.2) is 0 Å². The number of para-hydroxylation sites is 1. The van der Waals surface area contributed by atoms with E-state index in [2.05, 4.69) is 20.6 Å². The highest BCUT2D eigenvalue weighted by Crippen LogP contribution is 2.11. The molecule has 2 heterocycles. The molecule has 2 aromatic heterocycles. The van der Waals surface area contributed by atoms with Crippen molar-refractivity contribution < 1.29 is 4.63 Å². The molecule has 0 unspecified atom stereocenters. The van der Waals surface area contributed by atoms with E-state index >= 15 is 0 Å². The molecule has 0 aliphatic carbocycles. The Balaban J connectivity index is 1.46. The second-order valence-corrected chi connectivity index (χ2v) is 6.09. The molecule has 4 aromatic rings. The molecule has 7 nitrogen and oxygen atoms in total. The van der Waals surface area contributed by atoms with Gasteiger partial charge in [-0.25, -0.2) is 9.61 Å². The molecule has 2 aromatic carbocycles. The van der Waals surface area contributed by atoms with Crippen molar-refractivity contribution in [1.82, 2.24) is 25.2 Å². The molecule has 0 saturated heterocycles. The minimum Gasteiger partial charge on any atom is -0.308 e. The predicted octanol–water partition coefficient (Wildman–Crippen LogP) is 2.11. The van der Waals surface area contributed by atoms with E-state index in [9.17, 15) is 4.79 Å². The van der Waals surface area contributed by atoms with E-state index < -0.39 is 0 Å². The van der Waals surface area contributed by atoms with Gasteiger partial charge in [-0.05, 0) is 47.1 Å². The number of nitrogens with one attached hydrogen (secondary N) is 1. The third kappa shape index (κ3) is 3.14. The second-order valence-electron chi connectivity index (χ2n) is 6.09. The van der Waals surface area contributed by atoms with Crippen molar-refractivity contribution in [3.63, 3.8) is 0 Å². The van der Waals surface area contributed by atoms with Crippen LogP contribution in [0.4, 0.5) is 0 Å². The number of benzene rings is 2. The summed E-state index contributed by atoms with van der Waals surface area (Å²) in [5.41, 5.74) is 3.26. The summed E-state index contributed by atoms with van der Waals surface area (Å²) in [6.07, 6.45) is 1.61. The molecule has 1 N–H and O–H groups in total. The van der Waals surface area contributed by atoms with Gasteiger partial charge in [-0.2, -0.15) is 0 Å². The van der Waals surface area contributed by atoms with Gasteiger partial charge in [-0.3, -0.25) is 9.36 Å². The van der Waals surface area contributed by atoms with Crippen molar-refractivity contribution >= 4 is 21.9 Å². The quantitative estimate of drug-likeness (QED) is 0.601. The molecule has 4 rings (SSSR count). The molecule has 0 aliphatic heterocycles. The van der Waals surface area contributed by atoms with Crippen LogP contribution in [-0.4, -0.2) is 25.9 Å². The van der Waals surface area contributed by atoms with E-state index in [0.717, 1.165) is 22.1 Å². The van der Waals surface area contributed by atoms with Crippen molar-refractivity contribution in [3.05, 3.63) is 64.7 Å². The minimum atomic E-state index is -0.0191. The molecule has 126 valence electrons. The maximum Gasteiger partial charge on any atom is 0.261 e. The molecule has 0 aliphatic rings. The summed E-state index contributed by atoms with van der Waals surface area (Å²) in [4.78, 5) is 16.9. The Morgan fingerprint density at radius 2 is 1.96 bits per heavy atom. The lowest BCUT2D eigenvalue weighted by Crippen LogP contribution is -2.34. The number of hydrogen-bond acceptors (Lipinski definition) is 6. The van der Waals surface area contributed by atoms with Crippen LogP contribution in [0.15, 0.2) is 58.2 Å². The summed E-state index contributed by atoms with van der Waals surface area (Å²) in [6.45, 7) is 3.25. The van der Waals surface area contributed by atoms with Crippen molar-refractivity contribution in [2.75, 3.05) is 0 Å². The van der Waals surface area contributed by atoms with Gasteiger partial charge in [0.1, 0.15) is 11.0 Å². The third-order valence-electron chi connectivity index (χ3n) is 4.17. The lowest BCUT2D eigenvalue weighted by atomic mass is 10.2. The van der Waals surface area contributed by atoms with Gasteiger partial charge in [0.05, 0.1) is 17.2 Å². The first-order chi connectivity index (χ1) is 12.2. The van der Waals surface area contributed by atoms with Crippen molar-refractivity contribution in [2.24, 2.45) is 0 Å². The molecule has 0 spiro atoms. The van der Waals surface area contributed by atoms with Gasteiger partial charge in [-0.15, -0.1) is 0 Å². The second kappa shape index (κ2) is 6.45. The lowest BCUT2D eigenvalue weighted by molar-refractivity contribution is 0.315. The fourth-order valence-corrected chi connectivity index (χ4v) is 2.83. The zero-order valence-electron chi connectivity index (χ0n) is 13.7. The van der Waals surface area contributed by atoms with Crippen molar-refractivity contribution in [2.45, 2.75) is 26.1 Å². The number of rotatable bonds is 5. The average Bonchev–Trinajstić information content (AvgIpc) is 3.10. The highest BCUT2D eigenvalue weighted by Gasteiger charge is 2.08. The minimum absolute atomic E-state index is 0.0191. The highest BCUT2D eigenvalue weighted by molar-refractivity contribution is 5.76. The van der Waals surface area contributed by atoms with E-state index in [4.69, 9.17) is 4.63 Å². The first-order valence-electron chi connectivity index (χ1n) is 8.09. The predicted molar refractivity (Wildman–Crippen MR) is 94.1 cm³/mol. The maximum atomic E-state index is 12.5. The third-order valence-corrected chi connectivity index (χ3v) is 4.17. The van der Waals surface area contributed by atoms with Crippen LogP contribution in [0.1, 0.15) is 12.5 Å². The van der Waals surface area contributed by atoms with Crippen LogP contribution < -0.4 is 10.9 Å². The first kappa shape index (κ1) is 15.5. The monoisotopic (exact) mass is 335 g/mol. The normalized spacial score (nSPS) is 12.7. The Morgan fingerprint density at radius 3 is 2.88 bits per heavy atom. The summed E-state index contributed by atoms with van der Waals surface area (Å²) in [5.74, 6) is 0. The van der Waals surface area contributed by atoms with Gasteiger partial charge in [0.25, 0.3) is 5.56 Å². The molecule has 25 heavy (non-hydrogen) atoms. The Hall–Kier alpha value is -3.06. The summed E-state index contributed by atoms with van der Waals surface area (Å²) in [6, 6.07) is 13.3. The number of hydrogen-bond donors (Lipinski definition) is 1. The zero-order valence-corrected chi connectivity index (χ0v) is 13.7. The van der Waals surface area contributed by atoms with E-state index in [1.807, 2.05) is 43.3 Å². The highest BCUT2D eigenvalue weighted by atomic mass is 16.6. The van der Waals surface area contributed by atoms with E-state index in [0.29, 0.717) is 18.5 Å². The number of fused-ring (bicyclic) bond motifs is 2. The SMILES string of the molecule is C[C@H](Cn1cnc2ccccc2c1=O)NCc1ccc2nonc2c1. The topological polar surface area (TPSA) is 85.8 Å². The molecule has 7 heteroatoms. The van der Waals surface area contributed by atoms with E-state index in [1.54, 1.807) is 17.0 Å². The Labute approximate surface area is 143 Å². The fraction of sp³-hybridized carbons (Fsp3) is 0.222. The molecular formula is C18H17N5O2. The van der Waals surface area contributed by atoms with Crippen molar-refractivity contribution in [3.8, 4) is 0 Å². The van der Waals surface area contributed by atoms with Crippen LogP contribution in [0.5, 0.6) is 0 Å². The molecule has 0 saturated carbocycles. The van der Waals surface area contributed by atoms with Crippen LogP contribution in [0.3, 0.4) is 0 Å². The smallest absolute Gasteiger partial charge is 0.261 e. The molecule has 0 radical (unpaired) electrons. The summed E-state index contributed by atoms with van der Waals surface area (Å²) in [7, 11) is 0. The fourth-order valence-electron chi connectivity index (χ4n) is 2.83. The van der Waals surface area contributed by atoms with Crippen LogP contribution in [0.25, 0.3) is 21.9 Å². The Kier molecular flexibility index (Phi) is 3.99. The molecular weight excluding hydrogens is 318 g/mol. The largest absolute Gasteiger partial charge is 0.308 e. The van der Waals surface area contributed by atoms with Gasteiger partial charge in [0, 0.05) is 19.1 Å². The maximum absolute atomic E-state index is 12.5. The lowest BCUT2D eigenvalue weighted by Gasteiger charge is -2.15. The van der Waals surface area contributed by atoms with Gasteiger partial charge in [0.2, 0.25) is 0 Å². The summed E-state index contributed by atoms with van der Waals surface area (Å²) in [5, 5.41) is 11.7.